The highest BCUT2D eigenvalue weighted by Crippen LogP contribution is 2.05. The summed E-state index contributed by atoms with van der Waals surface area (Å²) < 4.78 is 0. The number of aromatic nitrogens is 2. The van der Waals surface area contributed by atoms with E-state index in [-0.39, 0.29) is 6.61 Å². The normalized spacial score (nSPS) is 7.75. The van der Waals surface area contributed by atoms with Gasteiger partial charge in [0.05, 0.1) is 12.3 Å². The molecule has 0 saturated carbocycles. The largest absolute Gasteiger partial charge is 0.396 e. The van der Waals surface area contributed by atoms with Crippen LogP contribution in [-0.2, 0) is 6.42 Å². The highest BCUT2D eigenvalue weighted by molar-refractivity contribution is 5.44. The maximum Gasteiger partial charge on any atom is 0.109 e. The first kappa shape index (κ1) is 16.9. The number of hydrogen-bond acceptors (Lipinski definition) is 2. The van der Waals surface area contributed by atoms with E-state index in [1.165, 1.54) is 0 Å². The zero-order valence-electron chi connectivity index (χ0n) is 10.7. The lowest BCUT2D eigenvalue weighted by molar-refractivity contribution is 0.297. The lowest BCUT2D eigenvalue weighted by Crippen LogP contribution is -1.92. The molecule has 0 saturated heterocycles. The summed E-state index contributed by atoms with van der Waals surface area (Å²) in [5, 5.41) is 8.61. The number of aromatic amines is 1. The molecule has 0 unspecified atom stereocenters. The van der Waals surface area contributed by atoms with Gasteiger partial charge in [0.25, 0.3) is 0 Å². The molecule has 0 aliphatic heterocycles. The van der Waals surface area contributed by atoms with Gasteiger partial charge in [-0.2, -0.15) is 0 Å². The molecule has 90 valence electrons. The van der Waals surface area contributed by atoms with Crippen molar-refractivity contribution in [2.45, 2.75) is 34.1 Å². The van der Waals surface area contributed by atoms with Crippen LogP contribution < -0.4 is 0 Å². The van der Waals surface area contributed by atoms with Crippen molar-refractivity contribution in [1.29, 1.82) is 0 Å². The Bertz CT molecular complexity index is 321. The Balaban J connectivity index is 0. The summed E-state index contributed by atoms with van der Waals surface area (Å²) in [4.78, 5) is 7.24. The first-order valence-electron chi connectivity index (χ1n) is 5.35. The molecule has 1 aromatic heterocycles. The van der Waals surface area contributed by atoms with Gasteiger partial charge in [-0.25, -0.2) is 4.98 Å². The van der Waals surface area contributed by atoms with Crippen molar-refractivity contribution in [2.75, 3.05) is 6.61 Å². The van der Waals surface area contributed by atoms with Crippen LogP contribution in [0.25, 0.3) is 6.08 Å². The molecular formula is C13H22N2O. The predicted octanol–water partition coefficient (Wildman–Crippen LogP) is 2.56. The van der Waals surface area contributed by atoms with Crippen molar-refractivity contribution < 1.29 is 5.11 Å². The van der Waals surface area contributed by atoms with Gasteiger partial charge in [0.1, 0.15) is 5.82 Å². The van der Waals surface area contributed by atoms with Crippen molar-refractivity contribution in [1.82, 2.24) is 9.97 Å². The molecule has 0 radical (unpaired) electrons. The van der Waals surface area contributed by atoms with Gasteiger partial charge in [0, 0.05) is 12.1 Å². The van der Waals surface area contributed by atoms with Crippen LogP contribution in [0, 0.1) is 19.3 Å². The fourth-order valence-corrected chi connectivity index (χ4v) is 0.961. The van der Waals surface area contributed by atoms with Gasteiger partial charge in [-0.1, -0.05) is 20.4 Å². The van der Waals surface area contributed by atoms with Gasteiger partial charge >= 0.3 is 0 Å². The third-order valence-corrected chi connectivity index (χ3v) is 1.51. The lowest BCUT2D eigenvalue weighted by Gasteiger charge is -1.87. The van der Waals surface area contributed by atoms with Crippen molar-refractivity contribution in [3.63, 3.8) is 0 Å². The van der Waals surface area contributed by atoms with E-state index in [4.69, 9.17) is 5.11 Å². The van der Waals surface area contributed by atoms with Crippen LogP contribution in [0.1, 0.15) is 38.0 Å². The van der Waals surface area contributed by atoms with E-state index < -0.39 is 0 Å². The minimum atomic E-state index is 0.129. The van der Waals surface area contributed by atoms with E-state index in [0.29, 0.717) is 6.42 Å². The fraction of sp³-hybridized carbons (Fsp3) is 0.462. The maximum atomic E-state index is 8.61. The SMILES string of the molecule is C#CC.C=Cc1nc(CCO)[nH]c1C.CC. The van der Waals surface area contributed by atoms with Crippen LogP contribution in [0.4, 0.5) is 0 Å². The van der Waals surface area contributed by atoms with Crippen molar-refractivity contribution in [3.05, 3.63) is 23.8 Å². The zero-order chi connectivity index (χ0) is 13.0. The summed E-state index contributed by atoms with van der Waals surface area (Å²) in [5.41, 5.74) is 1.87. The Morgan fingerprint density at radius 1 is 1.56 bits per heavy atom. The summed E-state index contributed by atoms with van der Waals surface area (Å²) in [6, 6.07) is 0. The van der Waals surface area contributed by atoms with Crippen LogP contribution in [-0.4, -0.2) is 21.7 Å². The number of aliphatic hydroxyl groups is 1. The number of hydrogen-bond donors (Lipinski definition) is 2. The van der Waals surface area contributed by atoms with Crippen molar-refractivity contribution >= 4 is 6.08 Å². The molecule has 0 aliphatic carbocycles. The average molecular weight is 222 g/mol. The van der Waals surface area contributed by atoms with Gasteiger partial charge in [0.15, 0.2) is 0 Å². The summed E-state index contributed by atoms with van der Waals surface area (Å²) in [6.45, 7) is 11.3. The molecule has 0 spiro atoms. The van der Waals surface area contributed by atoms with Crippen molar-refractivity contribution in [3.8, 4) is 12.3 Å². The summed E-state index contributed by atoms with van der Waals surface area (Å²) in [7, 11) is 0. The maximum absolute atomic E-state index is 8.61. The van der Waals surface area contributed by atoms with Crippen LogP contribution in [0.15, 0.2) is 6.58 Å². The van der Waals surface area contributed by atoms with Crippen LogP contribution in [0.3, 0.4) is 0 Å². The molecule has 3 heteroatoms. The second-order valence-corrected chi connectivity index (χ2v) is 2.66. The molecule has 2 N–H and O–H groups in total. The Labute approximate surface area is 98.6 Å². The Hall–Kier alpha value is -1.53. The second-order valence-electron chi connectivity index (χ2n) is 2.66. The number of aliphatic hydroxyl groups excluding tert-OH is 1. The van der Waals surface area contributed by atoms with Crippen LogP contribution in [0.5, 0.6) is 0 Å². The van der Waals surface area contributed by atoms with Crippen LogP contribution >= 0.6 is 0 Å². The first-order valence-corrected chi connectivity index (χ1v) is 5.35. The Morgan fingerprint density at radius 3 is 2.38 bits per heavy atom. The average Bonchev–Trinajstić information content (AvgIpc) is 2.63. The Kier molecular flexibility index (Phi) is 12.2. The molecule has 0 atom stereocenters. The summed E-state index contributed by atoms with van der Waals surface area (Å²) >= 11 is 0. The summed E-state index contributed by atoms with van der Waals surface area (Å²) in [5.74, 6) is 3.07. The number of H-pyrrole nitrogens is 1. The van der Waals surface area contributed by atoms with Crippen LogP contribution in [0.2, 0.25) is 0 Å². The Morgan fingerprint density at radius 2 is 2.06 bits per heavy atom. The molecule has 0 fully saturated rings. The van der Waals surface area contributed by atoms with E-state index in [9.17, 15) is 0 Å². The van der Waals surface area contributed by atoms with E-state index in [1.54, 1.807) is 13.0 Å². The highest BCUT2D eigenvalue weighted by atomic mass is 16.3. The number of imidazole rings is 1. The molecule has 0 amide bonds. The molecule has 3 nitrogen and oxygen atoms in total. The molecule has 1 aromatic rings. The standard InChI is InChI=1S/C8H12N2O.C3H4.C2H6/c1-3-7-6(2)9-8(10-7)4-5-11;1-3-2;1-2/h3,11H,1,4-5H2,2H3,(H,9,10);1H,2H3;1-2H3. The predicted molar refractivity (Wildman–Crippen MR) is 70.1 cm³/mol. The molecule has 1 rings (SSSR count). The number of rotatable bonds is 3. The van der Waals surface area contributed by atoms with Gasteiger partial charge in [-0.05, 0) is 19.9 Å². The molecule has 1 heterocycles. The zero-order valence-corrected chi connectivity index (χ0v) is 10.7. The van der Waals surface area contributed by atoms with E-state index in [2.05, 4.69) is 28.9 Å². The lowest BCUT2D eigenvalue weighted by atomic mass is 10.3. The van der Waals surface area contributed by atoms with Gasteiger partial charge in [-0.3, -0.25) is 0 Å². The summed E-state index contributed by atoms with van der Waals surface area (Å²) in [6.07, 6.45) is 6.88. The monoisotopic (exact) mass is 222 g/mol. The first-order chi connectivity index (χ1) is 7.69. The molecule has 0 bridgehead atoms. The fourth-order valence-electron chi connectivity index (χ4n) is 0.961. The van der Waals surface area contributed by atoms with E-state index in [0.717, 1.165) is 17.2 Å². The minimum absolute atomic E-state index is 0.129. The van der Waals surface area contributed by atoms with Gasteiger partial charge < -0.3 is 10.1 Å². The minimum Gasteiger partial charge on any atom is -0.396 e. The topological polar surface area (TPSA) is 48.9 Å². The third kappa shape index (κ3) is 6.86. The number of nitrogens with one attached hydrogen (secondary N) is 1. The molecular weight excluding hydrogens is 200 g/mol. The number of terminal acetylenes is 1. The smallest absolute Gasteiger partial charge is 0.109 e. The molecule has 0 aromatic carbocycles. The van der Waals surface area contributed by atoms with E-state index >= 15 is 0 Å². The quantitative estimate of drug-likeness (QED) is 0.772. The highest BCUT2D eigenvalue weighted by Gasteiger charge is 2.01. The third-order valence-electron chi connectivity index (χ3n) is 1.51. The number of nitrogens with zero attached hydrogens (tertiary/aromatic N) is 1. The van der Waals surface area contributed by atoms with Gasteiger partial charge in [0.2, 0.25) is 0 Å². The van der Waals surface area contributed by atoms with Gasteiger partial charge in [-0.15, -0.1) is 12.3 Å². The molecule has 16 heavy (non-hydrogen) atoms. The van der Waals surface area contributed by atoms with E-state index in [1.807, 2.05) is 20.8 Å². The second kappa shape index (κ2) is 11.5. The molecule has 0 aliphatic rings. The van der Waals surface area contributed by atoms with Crippen molar-refractivity contribution in [2.24, 2.45) is 0 Å². The number of aryl methyl sites for hydroxylation is 1.